The number of carbonyl (C=O) groups is 2. The number of methoxy groups -OCH3 is 1. The fourth-order valence-corrected chi connectivity index (χ4v) is 2.64. The fraction of sp³-hybridized carbons (Fsp3) is 0.188. The number of anilines is 1. The summed E-state index contributed by atoms with van der Waals surface area (Å²) in [5.74, 6) is -0.130. The Hall–Kier alpha value is -2.67. The SMILES string of the molecule is C=CCOc1ccc(C(=O)Nc2nc(C)c(C(=O)OC)s2)cc1. The van der Waals surface area contributed by atoms with Crippen LogP contribution in [0, 0.1) is 6.92 Å². The molecule has 0 aliphatic heterocycles. The molecule has 1 N–H and O–H groups in total. The lowest BCUT2D eigenvalue weighted by Gasteiger charge is -2.05. The number of esters is 1. The Morgan fingerprint density at radius 2 is 2.04 bits per heavy atom. The Balaban J connectivity index is 2.07. The Morgan fingerprint density at radius 3 is 2.65 bits per heavy atom. The standard InChI is InChI=1S/C16H16N2O4S/c1-4-9-22-12-7-5-11(6-8-12)14(19)18-16-17-10(2)13(23-16)15(20)21-3/h4-8H,1,9H2,2-3H3,(H,17,18,19). The van der Waals surface area contributed by atoms with Gasteiger partial charge in [0.05, 0.1) is 12.8 Å². The molecule has 0 saturated carbocycles. The number of carbonyl (C=O) groups excluding carboxylic acids is 2. The molecule has 1 aromatic carbocycles. The van der Waals surface area contributed by atoms with Gasteiger partial charge < -0.3 is 9.47 Å². The van der Waals surface area contributed by atoms with E-state index >= 15 is 0 Å². The van der Waals surface area contributed by atoms with Crippen LogP contribution in [0.15, 0.2) is 36.9 Å². The van der Waals surface area contributed by atoms with Crippen molar-refractivity contribution in [1.29, 1.82) is 0 Å². The lowest BCUT2D eigenvalue weighted by Crippen LogP contribution is -2.11. The predicted molar refractivity (Wildman–Crippen MR) is 88.3 cm³/mol. The quantitative estimate of drug-likeness (QED) is 0.650. The summed E-state index contributed by atoms with van der Waals surface area (Å²) in [6.07, 6.45) is 1.64. The van der Waals surface area contributed by atoms with Crippen molar-refractivity contribution in [3.05, 3.63) is 53.1 Å². The summed E-state index contributed by atoms with van der Waals surface area (Å²) in [4.78, 5) is 28.2. The van der Waals surface area contributed by atoms with Crippen LogP contribution in [0.2, 0.25) is 0 Å². The van der Waals surface area contributed by atoms with E-state index in [0.29, 0.717) is 33.6 Å². The highest BCUT2D eigenvalue weighted by atomic mass is 32.1. The molecule has 0 unspecified atom stereocenters. The Labute approximate surface area is 137 Å². The molecule has 120 valence electrons. The van der Waals surface area contributed by atoms with Gasteiger partial charge in [-0.25, -0.2) is 9.78 Å². The lowest BCUT2D eigenvalue weighted by atomic mass is 10.2. The summed E-state index contributed by atoms with van der Waals surface area (Å²) < 4.78 is 10.0. The maximum absolute atomic E-state index is 12.2. The number of aryl methyl sites for hydroxylation is 1. The first-order chi connectivity index (χ1) is 11.0. The number of benzene rings is 1. The number of ether oxygens (including phenoxy) is 2. The van der Waals surface area contributed by atoms with Gasteiger partial charge in [0.15, 0.2) is 5.13 Å². The molecule has 1 aromatic heterocycles. The molecule has 1 heterocycles. The van der Waals surface area contributed by atoms with Crippen molar-refractivity contribution in [3.63, 3.8) is 0 Å². The average molecular weight is 332 g/mol. The van der Waals surface area contributed by atoms with E-state index in [1.54, 1.807) is 37.3 Å². The molecule has 0 aliphatic rings. The highest BCUT2D eigenvalue weighted by molar-refractivity contribution is 7.17. The first-order valence-electron chi connectivity index (χ1n) is 6.76. The molecule has 0 atom stereocenters. The predicted octanol–water partition coefficient (Wildman–Crippen LogP) is 3.06. The van der Waals surface area contributed by atoms with Gasteiger partial charge in [0.1, 0.15) is 17.2 Å². The molecule has 0 spiro atoms. The first kappa shape index (κ1) is 16.7. The van der Waals surface area contributed by atoms with Crippen molar-refractivity contribution in [2.24, 2.45) is 0 Å². The second-order valence-electron chi connectivity index (χ2n) is 4.50. The van der Waals surface area contributed by atoms with E-state index < -0.39 is 5.97 Å². The smallest absolute Gasteiger partial charge is 0.350 e. The van der Waals surface area contributed by atoms with Crippen LogP contribution in [0.5, 0.6) is 5.75 Å². The number of hydrogen-bond donors (Lipinski definition) is 1. The minimum absolute atomic E-state index is 0.314. The third kappa shape index (κ3) is 4.17. The molecule has 2 rings (SSSR count). The van der Waals surface area contributed by atoms with Crippen LogP contribution in [-0.4, -0.2) is 30.6 Å². The highest BCUT2D eigenvalue weighted by Gasteiger charge is 2.17. The topological polar surface area (TPSA) is 77.5 Å². The van der Waals surface area contributed by atoms with Crippen LogP contribution in [-0.2, 0) is 4.74 Å². The maximum atomic E-state index is 12.2. The van der Waals surface area contributed by atoms with Gasteiger partial charge in [0.25, 0.3) is 5.91 Å². The number of nitrogens with zero attached hydrogens (tertiary/aromatic N) is 1. The largest absolute Gasteiger partial charge is 0.490 e. The molecule has 1 amide bonds. The zero-order valence-corrected chi connectivity index (χ0v) is 13.6. The van der Waals surface area contributed by atoms with Crippen LogP contribution in [0.25, 0.3) is 0 Å². The van der Waals surface area contributed by atoms with E-state index in [4.69, 9.17) is 4.74 Å². The molecule has 0 radical (unpaired) electrons. The van der Waals surface area contributed by atoms with E-state index in [1.165, 1.54) is 7.11 Å². The second kappa shape index (κ2) is 7.55. The summed E-state index contributed by atoms with van der Waals surface area (Å²) in [7, 11) is 1.30. The summed E-state index contributed by atoms with van der Waals surface area (Å²) in [6, 6.07) is 6.70. The van der Waals surface area contributed by atoms with Gasteiger partial charge in [-0.15, -0.1) is 0 Å². The molecule has 0 aliphatic carbocycles. The molecular weight excluding hydrogens is 316 g/mol. The zero-order valence-electron chi connectivity index (χ0n) is 12.8. The van der Waals surface area contributed by atoms with Gasteiger partial charge in [0, 0.05) is 5.56 Å². The summed E-state index contributed by atoms with van der Waals surface area (Å²) in [6.45, 7) is 5.66. The van der Waals surface area contributed by atoms with E-state index in [2.05, 4.69) is 21.6 Å². The van der Waals surface area contributed by atoms with Crippen molar-refractivity contribution in [2.75, 3.05) is 19.0 Å². The summed E-state index contributed by atoms with van der Waals surface area (Å²) in [5.41, 5.74) is 0.980. The molecule has 23 heavy (non-hydrogen) atoms. The second-order valence-corrected chi connectivity index (χ2v) is 5.50. The van der Waals surface area contributed by atoms with E-state index in [9.17, 15) is 9.59 Å². The van der Waals surface area contributed by atoms with Crippen LogP contribution < -0.4 is 10.1 Å². The lowest BCUT2D eigenvalue weighted by molar-refractivity contribution is 0.0605. The normalized spacial score (nSPS) is 10.0. The molecule has 0 bridgehead atoms. The van der Waals surface area contributed by atoms with E-state index in [1.807, 2.05) is 0 Å². The number of amides is 1. The van der Waals surface area contributed by atoms with Crippen LogP contribution in [0.1, 0.15) is 25.7 Å². The molecule has 6 nitrogen and oxygen atoms in total. The molecule has 0 fully saturated rings. The van der Waals surface area contributed by atoms with Crippen molar-refractivity contribution >= 4 is 28.3 Å². The molecular formula is C16H16N2O4S. The maximum Gasteiger partial charge on any atom is 0.350 e. The van der Waals surface area contributed by atoms with Gasteiger partial charge in [0.2, 0.25) is 0 Å². The van der Waals surface area contributed by atoms with Crippen LogP contribution >= 0.6 is 11.3 Å². The van der Waals surface area contributed by atoms with Gasteiger partial charge >= 0.3 is 5.97 Å². The fourth-order valence-electron chi connectivity index (χ4n) is 1.76. The minimum atomic E-state index is -0.468. The van der Waals surface area contributed by atoms with E-state index in [0.717, 1.165) is 11.3 Å². The van der Waals surface area contributed by atoms with Crippen LogP contribution in [0.4, 0.5) is 5.13 Å². The van der Waals surface area contributed by atoms with E-state index in [-0.39, 0.29) is 5.91 Å². The van der Waals surface area contributed by atoms with Gasteiger partial charge in [-0.3, -0.25) is 10.1 Å². The molecule has 7 heteroatoms. The summed E-state index contributed by atoms with van der Waals surface area (Å²) >= 11 is 1.08. The monoisotopic (exact) mass is 332 g/mol. The molecule has 0 saturated heterocycles. The number of thiazole rings is 1. The molecule has 2 aromatic rings. The van der Waals surface area contributed by atoms with Crippen molar-refractivity contribution < 1.29 is 19.1 Å². The van der Waals surface area contributed by atoms with Crippen LogP contribution in [0.3, 0.4) is 0 Å². The Bertz CT molecular complexity index is 722. The van der Waals surface area contributed by atoms with Gasteiger partial charge in [-0.05, 0) is 31.2 Å². The van der Waals surface area contributed by atoms with Crippen molar-refractivity contribution in [1.82, 2.24) is 4.98 Å². The van der Waals surface area contributed by atoms with Crippen molar-refractivity contribution in [2.45, 2.75) is 6.92 Å². The third-order valence-corrected chi connectivity index (χ3v) is 3.93. The number of aromatic nitrogens is 1. The number of rotatable bonds is 6. The number of nitrogens with one attached hydrogen (secondary N) is 1. The average Bonchev–Trinajstić information content (AvgIpc) is 2.93. The minimum Gasteiger partial charge on any atom is -0.490 e. The van der Waals surface area contributed by atoms with Gasteiger partial charge in [-0.1, -0.05) is 24.0 Å². The first-order valence-corrected chi connectivity index (χ1v) is 7.57. The zero-order chi connectivity index (χ0) is 16.8. The Morgan fingerprint density at radius 1 is 1.35 bits per heavy atom. The Kier molecular flexibility index (Phi) is 5.48. The van der Waals surface area contributed by atoms with Gasteiger partial charge in [-0.2, -0.15) is 0 Å². The number of hydrogen-bond acceptors (Lipinski definition) is 6. The highest BCUT2D eigenvalue weighted by Crippen LogP contribution is 2.24. The third-order valence-electron chi connectivity index (χ3n) is 2.87. The summed E-state index contributed by atoms with van der Waals surface area (Å²) in [5, 5.41) is 3.01. The van der Waals surface area contributed by atoms with Crippen molar-refractivity contribution in [3.8, 4) is 5.75 Å².